The molecule has 0 spiro atoms. The first-order valence-corrected chi connectivity index (χ1v) is 11.7. The van der Waals surface area contributed by atoms with E-state index >= 15 is 0 Å². The number of rotatable bonds is 5. The molecule has 1 fully saturated rings. The Labute approximate surface area is 202 Å². The van der Waals surface area contributed by atoms with Crippen molar-refractivity contribution in [3.8, 4) is 34.0 Å². The molecular formula is C28H24FN3O3. The van der Waals surface area contributed by atoms with Crippen LogP contribution in [0.3, 0.4) is 0 Å². The zero-order valence-electron chi connectivity index (χ0n) is 19.2. The van der Waals surface area contributed by atoms with Crippen LogP contribution in [0.2, 0.25) is 0 Å². The van der Waals surface area contributed by atoms with Crippen molar-refractivity contribution in [2.75, 3.05) is 0 Å². The third kappa shape index (κ3) is 3.91. The number of fused-ring (bicyclic) bond motifs is 1. The molecule has 4 aromatic rings. The molecule has 0 bridgehead atoms. The Morgan fingerprint density at radius 1 is 1.00 bits per heavy atom. The Kier molecular flexibility index (Phi) is 5.22. The van der Waals surface area contributed by atoms with Crippen molar-refractivity contribution in [3.63, 3.8) is 0 Å². The summed E-state index contributed by atoms with van der Waals surface area (Å²) >= 11 is 0. The number of aryl methyl sites for hydroxylation is 1. The molecule has 1 aliphatic heterocycles. The van der Waals surface area contributed by atoms with Gasteiger partial charge in [-0.1, -0.05) is 41.6 Å². The SMILES string of the molecule is Cc1cc(-c2nc(-c3ccc4c(c3)CN([C@H]3C[C@@H](C(=O)O)C3)C4)no2)ccc1-c1ccccc1F. The van der Waals surface area contributed by atoms with Crippen molar-refractivity contribution < 1.29 is 18.8 Å². The number of benzene rings is 3. The van der Waals surface area contributed by atoms with Crippen LogP contribution in [0.5, 0.6) is 0 Å². The second kappa shape index (κ2) is 8.43. The largest absolute Gasteiger partial charge is 0.481 e. The van der Waals surface area contributed by atoms with E-state index in [1.807, 2.05) is 37.3 Å². The first-order chi connectivity index (χ1) is 17.0. The Morgan fingerprint density at radius 2 is 1.77 bits per heavy atom. The van der Waals surface area contributed by atoms with E-state index in [0.717, 1.165) is 48.2 Å². The normalized spacial score (nSPS) is 19.4. The van der Waals surface area contributed by atoms with Gasteiger partial charge in [-0.3, -0.25) is 9.69 Å². The van der Waals surface area contributed by atoms with Gasteiger partial charge in [0.15, 0.2) is 0 Å². The molecule has 0 unspecified atom stereocenters. The Morgan fingerprint density at radius 3 is 2.54 bits per heavy atom. The molecule has 1 aliphatic carbocycles. The van der Waals surface area contributed by atoms with E-state index in [9.17, 15) is 9.18 Å². The average molecular weight is 470 g/mol. The molecule has 1 saturated carbocycles. The predicted octanol–water partition coefficient (Wildman–Crippen LogP) is 5.70. The van der Waals surface area contributed by atoms with Gasteiger partial charge in [-0.05, 0) is 66.3 Å². The van der Waals surface area contributed by atoms with Crippen LogP contribution in [0.1, 0.15) is 29.5 Å². The summed E-state index contributed by atoms with van der Waals surface area (Å²) in [5, 5.41) is 13.3. The van der Waals surface area contributed by atoms with E-state index in [0.29, 0.717) is 23.3 Å². The number of hydrogen-bond acceptors (Lipinski definition) is 5. The van der Waals surface area contributed by atoms with E-state index in [4.69, 9.17) is 9.63 Å². The van der Waals surface area contributed by atoms with Crippen molar-refractivity contribution in [1.29, 1.82) is 0 Å². The summed E-state index contributed by atoms with van der Waals surface area (Å²) in [6.45, 7) is 3.59. The highest BCUT2D eigenvalue weighted by atomic mass is 19.1. The lowest BCUT2D eigenvalue weighted by Crippen LogP contribution is -2.44. The van der Waals surface area contributed by atoms with Gasteiger partial charge >= 0.3 is 5.97 Å². The minimum Gasteiger partial charge on any atom is -0.481 e. The van der Waals surface area contributed by atoms with Crippen molar-refractivity contribution in [3.05, 3.63) is 83.2 Å². The maximum absolute atomic E-state index is 14.2. The Bertz CT molecular complexity index is 1440. The number of aromatic nitrogens is 2. The van der Waals surface area contributed by atoms with Gasteiger partial charge in [-0.15, -0.1) is 0 Å². The molecule has 2 heterocycles. The fourth-order valence-electron chi connectivity index (χ4n) is 5.14. The van der Waals surface area contributed by atoms with Crippen LogP contribution in [0.15, 0.2) is 65.2 Å². The van der Waals surface area contributed by atoms with Crippen LogP contribution in [0, 0.1) is 18.7 Å². The van der Waals surface area contributed by atoms with Gasteiger partial charge in [0, 0.05) is 35.8 Å². The molecule has 1 aromatic heterocycles. The van der Waals surface area contributed by atoms with Crippen LogP contribution >= 0.6 is 0 Å². The number of halogens is 1. The summed E-state index contributed by atoms with van der Waals surface area (Å²) < 4.78 is 19.8. The number of carbonyl (C=O) groups is 1. The quantitative estimate of drug-likeness (QED) is 0.404. The third-order valence-electron chi connectivity index (χ3n) is 7.25. The highest BCUT2D eigenvalue weighted by Gasteiger charge is 2.39. The molecule has 0 saturated heterocycles. The van der Waals surface area contributed by atoms with Crippen molar-refractivity contribution in [2.24, 2.45) is 5.92 Å². The van der Waals surface area contributed by atoms with E-state index in [-0.39, 0.29) is 11.7 Å². The fourth-order valence-corrected chi connectivity index (χ4v) is 5.14. The maximum Gasteiger partial charge on any atom is 0.306 e. The van der Waals surface area contributed by atoms with Crippen molar-refractivity contribution in [1.82, 2.24) is 15.0 Å². The molecule has 176 valence electrons. The predicted molar refractivity (Wildman–Crippen MR) is 129 cm³/mol. The average Bonchev–Trinajstić information content (AvgIpc) is 3.45. The molecule has 6 rings (SSSR count). The summed E-state index contributed by atoms with van der Waals surface area (Å²) in [6.07, 6.45) is 1.44. The summed E-state index contributed by atoms with van der Waals surface area (Å²) in [5.41, 5.74) is 6.47. The lowest BCUT2D eigenvalue weighted by molar-refractivity contribution is -0.147. The fraction of sp³-hybridized carbons (Fsp3) is 0.250. The van der Waals surface area contributed by atoms with Crippen molar-refractivity contribution >= 4 is 5.97 Å². The molecule has 0 amide bonds. The summed E-state index contributed by atoms with van der Waals surface area (Å²) in [4.78, 5) is 18.1. The van der Waals surface area contributed by atoms with Gasteiger partial charge in [0.2, 0.25) is 5.82 Å². The van der Waals surface area contributed by atoms with Gasteiger partial charge in [0.25, 0.3) is 5.89 Å². The molecule has 7 heteroatoms. The van der Waals surface area contributed by atoms with Crippen LogP contribution < -0.4 is 0 Å². The van der Waals surface area contributed by atoms with Crippen LogP contribution in [0.4, 0.5) is 4.39 Å². The number of carboxylic acid groups (broad SMARTS) is 1. The van der Waals surface area contributed by atoms with E-state index in [1.165, 1.54) is 17.2 Å². The van der Waals surface area contributed by atoms with Crippen LogP contribution in [-0.4, -0.2) is 32.2 Å². The zero-order valence-corrected chi connectivity index (χ0v) is 19.2. The minimum absolute atomic E-state index is 0.207. The number of carboxylic acids is 1. The van der Waals surface area contributed by atoms with Gasteiger partial charge in [0.05, 0.1) is 5.92 Å². The van der Waals surface area contributed by atoms with Crippen LogP contribution in [-0.2, 0) is 17.9 Å². The summed E-state index contributed by atoms with van der Waals surface area (Å²) in [5.74, 6) is -0.213. The standard InChI is InChI=1S/C28H24FN3O3/c1-16-10-18(8-9-23(16)24-4-2-3-5-25(24)29)27-30-26(31-35-27)17-6-7-19-14-32(15-21(19)11-17)22-12-20(13-22)28(33)34/h2-11,20,22H,12-15H2,1H3,(H,33,34)/t20-,22+. The molecular weight excluding hydrogens is 445 g/mol. The highest BCUT2D eigenvalue weighted by Crippen LogP contribution is 2.38. The second-order valence-corrected chi connectivity index (χ2v) is 9.48. The first kappa shape index (κ1) is 21.7. The third-order valence-corrected chi connectivity index (χ3v) is 7.25. The Hall–Kier alpha value is -3.84. The second-order valence-electron chi connectivity index (χ2n) is 9.48. The number of hydrogen-bond donors (Lipinski definition) is 1. The van der Waals surface area contributed by atoms with Crippen molar-refractivity contribution in [2.45, 2.75) is 38.9 Å². The molecule has 6 nitrogen and oxygen atoms in total. The molecule has 0 radical (unpaired) electrons. The summed E-state index contributed by atoms with van der Waals surface area (Å²) in [7, 11) is 0. The molecule has 35 heavy (non-hydrogen) atoms. The lowest BCUT2D eigenvalue weighted by atomic mass is 9.79. The minimum atomic E-state index is -0.690. The molecule has 0 atom stereocenters. The lowest BCUT2D eigenvalue weighted by Gasteiger charge is -2.39. The molecule has 3 aromatic carbocycles. The van der Waals surface area contributed by atoms with Gasteiger partial charge in [-0.25, -0.2) is 4.39 Å². The van der Waals surface area contributed by atoms with Gasteiger partial charge in [-0.2, -0.15) is 4.98 Å². The molecule has 1 N–H and O–H groups in total. The zero-order chi connectivity index (χ0) is 24.1. The summed E-state index contributed by atoms with van der Waals surface area (Å²) in [6, 6.07) is 19.0. The van der Waals surface area contributed by atoms with E-state index in [2.05, 4.69) is 27.2 Å². The monoisotopic (exact) mass is 469 g/mol. The molecule has 2 aliphatic rings. The Balaban J connectivity index is 1.20. The van der Waals surface area contributed by atoms with Crippen LogP contribution in [0.25, 0.3) is 34.0 Å². The van der Waals surface area contributed by atoms with Gasteiger partial charge in [0.1, 0.15) is 5.82 Å². The maximum atomic E-state index is 14.2. The van der Waals surface area contributed by atoms with Gasteiger partial charge < -0.3 is 9.63 Å². The number of nitrogens with zero attached hydrogens (tertiary/aromatic N) is 3. The van der Waals surface area contributed by atoms with E-state index in [1.54, 1.807) is 12.1 Å². The first-order valence-electron chi connectivity index (χ1n) is 11.7. The van der Waals surface area contributed by atoms with E-state index < -0.39 is 5.97 Å². The topological polar surface area (TPSA) is 79.5 Å². The smallest absolute Gasteiger partial charge is 0.306 e. The highest BCUT2D eigenvalue weighted by molar-refractivity contribution is 5.72. The number of aliphatic carboxylic acids is 1.